The van der Waals surface area contributed by atoms with Gasteiger partial charge in [-0.15, -0.1) is 0 Å². The molecule has 2 N–H and O–H groups in total. The van der Waals surface area contributed by atoms with Crippen LogP contribution in [0.4, 0.5) is 0 Å². The van der Waals surface area contributed by atoms with Gasteiger partial charge in [0, 0.05) is 12.7 Å². The molecule has 0 spiro atoms. The third-order valence-electron chi connectivity index (χ3n) is 3.98. The fraction of sp³-hybridized carbons (Fsp3) is 0.769. The molecule has 0 bridgehead atoms. The van der Waals surface area contributed by atoms with E-state index in [1.165, 1.54) is 31.7 Å². The number of primary sulfonamides is 1. The lowest BCUT2D eigenvalue weighted by Crippen LogP contribution is -2.13. The summed E-state index contributed by atoms with van der Waals surface area (Å²) in [6.07, 6.45) is 7.83. The molecule has 0 radical (unpaired) electrons. The lowest BCUT2D eigenvalue weighted by Gasteiger charge is -2.16. The molecule has 0 aromatic carbocycles. The highest BCUT2D eigenvalue weighted by Gasteiger charge is 2.30. The van der Waals surface area contributed by atoms with Crippen molar-refractivity contribution >= 4 is 10.0 Å². The van der Waals surface area contributed by atoms with Crippen LogP contribution in [0.25, 0.3) is 0 Å². The first kappa shape index (κ1) is 14.5. The summed E-state index contributed by atoms with van der Waals surface area (Å²) < 4.78 is 23.9. The zero-order chi connectivity index (χ0) is 14.1. The van der Waals surface area contributed by atoms with Gasteiger partial charge in [0.2, 0.25) is 0 Å². The molecule has 19 heavy (non-hydrogen) atoms. The molecule has 1 aromatic heterocycles. The quantitative estimate of drug-likeness (QED) is 0.900. The van der Waals surface area contributed by atoms with Gasteiger partial charge in [-0.3, -0.25) is 4.68 Å². The molecule has 1 aromatic rings. The Morgan fingerprint density at radius 2 is 2.26 bits per heavy atom. The van der Waals surface area contributed by atoms with Crippen molar-refractivity contribution in [1.29, 1.82) is 0 Å². The number of hydrogen-bond donors (Lipinski definition) is 1. The minimum Gasteiger partial charge on any atom is -0.271 e. The number of nitrogens with zero attached hydrogens (tertiary/aromatic N) is 2. The van der Waals surface area contributed by atoms with E-state index < -0.39 is 10.0 Å². The first-order chi connectivity index (χ1) is 8.76. The lowest BCUT2D eigenvalue weighted by molar-refractivity contribution is 0.347. The van der Waals surface area contributed by atoms with Crippen molar-refractivity contribution in [2.75, 3.05) is 0 Å². The second kappa shape index (κ2) is 5.25. The summed E-state index contributed by atoms with van der Waals surface area (Å²) in [6.45, 7) is 5.42. The highest BCUT2D eigenvalue weighted by atomic mass is 32.2. The molecule has 1 fully saturated rings. The lowest BCUT2D eigenvalue weighted by atomic mass is 9.89. The third-order valence-corrected chi connectivity index (χ3v) is 4.78. The van der Waals surface area contributed by atoms with Gasteiger partial charge >= 0.3 is 0 Å². The third kappa shape index (κ3) is 4.04. The standard InChI is InChI=1S/C13H23N3O2S/c1-13(2)7-5-11(10-13)4-3-8-16-9-6-12(15-16)19(14,17)18/h6,9,11H,3-5,7-8,10H2,1-2H3,(H2,14,17,18). The van der Waals surface area contributed by atoms with Crippen LogP contribution in [0.2, 0.25) is 0 Å². The molecule has 1 unspecified atom stereocenters. The van der Waals surface area contributed by atoms with E-state index in [-0.39, 0.29) is 5.03 Å². The summed E-state index contributed by atoms with van der Waals surface area (Å²) in [7, 11) is -3.67. The average molecular weight is 285 g/mol. The molecule has 1 heterocycles. The molecule has 1 atom stereocenters. The summed E-state index contributed by atoms with van der Waals surface area (Å²) in [4.78, 5) is 0. The Bertz CT molecular complexity index is 534. The second-order valence-electron chi connectivity index (χ2n) is 6.38. The van der Waals surface area contributed by atoms with Crippen LogP contribution in [0, 0.1) is 11.3 Å². The monoisotopic (exact) mass is 285 g/mol. The van der Waals surface area contributed by atoms with Crippen LogP contribution >= 0.6 is 0 Å². The first-order valence-corrected chi connectivity index (χ1v) is 8.37. The molecule has 1 saturated carbocycles. The number of rotatable bonds is 5. The fourth-order valence-corrected chi connectivity index (χ4v) is 3.46. The number of aromatic nitrogens is 2. The predicted molar refractivity (Wildman–Crippen MR) is 74.0 cm³/mol. The molecule has 5 nitrogen and oxygen atoms in total. The molecule has 108 valence electrons. The van der Waals surface area contributed by atoms with Gasteiger partial charge in [0.1, 0.15) is 0 Å². The van der Waals surface area contributed by atoms with Crippen LogP contribution in [-0.2, 0) is 16.6 Å². The largest absolute Gasteiger partial charge is 0.271 e. The fourth-order valence-electron chi connectivity index (χ4n) is 2.99. The smallest absolute Gasteiger partial charge is 0.257 e. The van der Waals surface area contributed by atoms with Gasteiger partial charge in [0.25, 0.3) is 10.0 Å². The van der Waals surface area contributed by atoms with Gasteiger partial charge in [-0.2, -0.15) is 5.10 Å². The van der Waals surface area contributed by atoms with Crippen LogP contribution in [-0.4, -0.2) is 18.2 Å². The van der Waals surface area contributed by atoms with E-state index in [2.05, 4.69) is 18.9 Å². The number of aryl methyl sites for hydroxylation is 1. The first-order valence-electron chi connectivity index (χ1n) is 6.83. The van der Waals surface area contributed by atoms with Gasteiger partial charge in [0.05, 0.1) is 0 Å². The molecule has 2 rings (SSSR count). The Balaban J connectivity index is 1.79. The van der Waals surface area contributed by atoms with Gasteiger partial charge in [-0.25, -0.2) is 13.6 Å². The van der Waals surface area contributed by atoms with Crippen LogP contribution in [0.15, 0.2) is 17.3 Å². The molecular weight excluding hydrogens is 262 g/mol. The number of hydrogen-bond acceptors (Lipinski definition) is 3. The maximum Gasteiger partial charge on any atom is 0.257 e. The minimum absolute atomic E-state index is 0.0468. The summed E-state index contributed by atoms with van der Waals surface area (Å²) in [6, 6.07) is 1.45. The van der Waals surface area contributed by atoms with Crippen molar-refractivity contribution in [3.8, 4) is 0 Å². The zero-order valence-corrected chi connectivity index (χ0v) is 12.5. The number of nitrogens with two attached hydrogens (primary N) is 1. The minimum atomic E-state index is -3.67. The van der Waals surface area contributed by atoms with E-state index in [1.54, 1.807) is 10.9 Å². The van der Waals surface area contributed by atoms with E-state index >= 15 is 0 Å². The highest BCUT2D eigenvalue weighted by Crippen LogP contribution is 2.42. The van der Waals surface area contributed by atoms with Crippen molar-refractivity contribution < 1.29 is 8.42 Å². The van der Waals surface area contributed by atoms with Crippen molar-refractivity contribution in [3.63, 3.8) is 0 Å². The maximum atomic E-state index is 11.1. The van der Waals surface area contributed by atoms with Gasteiger partial charge in [-0.05, 0) is 49.5 Å². The van der Waals surface area contributed by atoms with E-state index in [9.17, 15) is 8.42 Å². The zero-order valence-electron chi connectivity index (χ0n) is 11.7. The molecule has 1 aliphatic carbocycles. The average Bonchev–Trinajstić information content (AvgIpc) is 2.85. The number of sulfonamides is 1. The SMILES string of the molecule is CC1(C)CCC(CCCn2ccc(S(N)(=O)=O)n2)C1. The Labute approximate surface area is 115 Å². The molecule has 0 aliphatic heterocycles. The van der Waals surface area contributed by atoms with Gasteiger partial charge in [-0.1, -0.05) is 13.8 Å². The summed E-state index contributed by atoms with van der Waals surface area (Å²) in [5.74, 6) is 0.809. The molecule has 0 amide bonds. The van der Waals surface area contributed by atoms with Crippen LogP contribution in [0.3, 0.4) is 0 Å². The van der Waals surface area contributed by atoms with Crippen LogP contribution in [0.5, 0.6) is 0 Å². The van der Waals surface area contributed by atoms with Crippen LogP contribution < -0.4 is 5.14 Å². The van der Waals surface area contributed by atoms with Crippen molar-refractivity contribution in [2.24, 2.45) is 16.5 Å². The van der Waals surface area contributed by atoms with E-state index in [1.807, 2.05) is 0 Å². The summed E-state index contributed by atoms with van der Waals surface area (Å²) >= 11 is 0. The molecule has 0 saturated heterocycles. The van der Waals surface area contributed by atoms with Gasteiger partial charge < -0.3 is 0 Å². The predicted octanol–water partition coefficient (Wildman–Crippen LogP) is 2.14. The van der Waals surface area contributed by atoms with Gasteiger partial charge in [0.15, 0.2) is 5.03 Å². The summed E-state index contributed by atoms with van der Waals surface area (Å²) in [5.41, 5.74) is 0.497. The Kier molecular flexibility index (Phi) is 4.01. The van der Waals surface area contributed by atoms with Crippen molar-refractivity contribution in [2.45, 2.75) is 57.5 Å². The van der Waals surface area contributed by atoms with E-state index in [0.717, 1.165) is 18.9 Å². The topological polar surface area (TPSA) is 78.0 Å². The van der Waals surface area contributed by atoms with Crippen molar-refractivity contribution in [1.82, 2.24) is 9.78 Å². The molecule has 6 heteroatoms. The highest BCUT2D eigenvalue weighted by molar-refractivity contribution is 7.89. The summed E-state index contributed by atoms with van der Waals surface area (Å²) in [5, 5.41) is 8.96. The van der Waals surface area contributed by atoms with Crippen molar-refractivity contribution in [3.05, 3.63) is 12.3 Å². The van der Waals surface area contributed by atoms with E-state index in [4.69, 9.17) is 5.14 Å². The van der Waals surface area contributed by atoms with E-state index in [0.29, 0.717) is 5.41 Å². The molecule has 1 aliphatic rings. The maximum absolute atomic E-state index is 11.1. The Morgan fingerprint density at radius 1 is 1.53 bits per heavy atom. The Hall–Kier alpha value is -0.880. The molecular formula is C13H23N3O2S. The van der Waals surface area contributed by atoms with Crippen LogP contribution in [0.1, 0.15) is 46.0 Å². The second-order valence-corrected chi connectivity index (χ2v) is 7.89. The normalized spacial score (nSPS) is 22.8. The Morgan fingerprint density at radius 3 is 2.79 bits per heavy atom.